The maximum atomic E-state index is 15.3. The summed E-state index contributed by atoms with van der Waals surface area (Å²) in [6.45, 7) is 2.63. The lowest BCUT2D eigenvalue weighted by Gasteiger charge is -2.32. The number of aromatic nitrogens is 2. The van der Waals surface area contributed by atoms with Crippen LogP contribution in [-0.4, -0.2) is 63.4 Å². The fourth-order valence-corrected chi connectivity index (χ4v) is 6.03. The third-order valence-corrected chi connectivity index (χ3v) is 8.43. The molecule has 1 saturated heterocycles. The third kappa shape index (κ3) is 6.55. The first kappa shape index (κ1) is 33.6. The number of carbonyl (C=O) groups is 1. The average molecular weight is 667 g/mol. The van der Waals surface area contributed by atoms with Gasteiger partial charge in [-0.25, -0.2) is 18.1 Å². The van der Waals surface area contributed by atoms with Crippen molar-refractivity contribution in [2.45, 2.75) is 63.2 Å². The summed E-state index contributed by atoms with van der Waals surface area (Å²) in [5, 5.41) is 13.3. The highest BCUT2D eigenvalue weighted by Gasteiger charge is 2.71. The number of alkyl halides is 4. The second-order valence-electron chi connectivity index (χ2n) is 10.1. The van der Waals surface area contributed by atoms with Crippen LogP contribution in [0.15, 0.2) is 53.5 Å². The Morgan fingerprint density at radius 2 is 1.89 bits per heavy atom. The summed E-state index contributed by atoms with van der Waals surface area (Å²) in [7, 11) is -4.96. The first-order chi connectivity index (χ1) is 20.5. The van der Waals surface area contributed by atoms with E-state index in [1.54, 1.807) is 44.2 Å². The Bertz CT molecular complexity index is 1640. The molecule has 0 aliphatic carbocycles. The number of halogens is 5. The SMILES string of the molecule is CC(C)OC(=O)[C@H](C)NP(=O)(OC[C@@]1(C(F)F)O[C@@H](n2cc(Cl)c(N)nc2=O)C(F)(F)[C@@H]1O)Oc1cccc2ccccc12. The summed E-state index contributed by atoms with van der Waals surface area (Å²) in [5.41, 5.74) is 0.380. The van der Waals surface area contributed by atoms with Crippen molar-refractivity contribution in [1.29, 1.82) is 0 Å². The first-order valence-electron chi connectivity index (χ1n) is 13.0. The fraction of sp³-hybridized carbons (Fsp3) is 0.423. The number of anilines is 1. The lowest BCUT2D eigenvalue weighted by Crippen LogP contribution is -2.54. The summed E-state index contributed by atoms with van der Waals surface area (Å²) < 4.78 is 94.9. The van der Waals surface area contributed by atoms with Crippen LogP contribution in [0, 0.1) is 0 Å². The van der Waals surface area contributed by atoms with Crippen LogP contribution in [0.25, 0.3) is 10.8 Å². The van der Waals surface area contributed by atoms with Crippen molar-refractivity contribution >= 4 is 41.9 Å². The Hall–Kier alpha value is -3.27. The molecule has 0 radical (unpaired) electrons. The number of esters is 1. The van der Waals surface area contributed by atoms with Gasteiger partial charge in [-0.2, -0.15) is 18.9 Å². The van der Waals surface area contributed by atoms with Crippen LogP contribution in [0.4, 0.5) is 23.4 Å². The maximum Gasteiger partial charge on any atom is 0.459 e. The van der Waals surface area contributed by atoms with Crippen molar-refractivity contribution in [3.63, 3.8) is 0 Å². The number of hydrogen-bond acceptors (Lipinski definition) is 10. The van der Waals surface area contributed by atoms with Crippen molar-refractivity contribution in [2.24, 2.45) is 0 Å². The van der Waals surface area contributed by atoms with Gasteiger partial charge in [0.15, 0.2) is 11.7 Å². The normalized spacial score (nSPS) is 23.5. The second-order valence-corrected chi connectivity index (χ2v) is 12.2. The van der Waals surface area contributed by atoms with Crippen LogP contribution in [-0.2, 0) is 23.4 Å². The van der Waals surface area contributed by atoms with Crippen LogP contribution < -0.4 is 21.0 Å². The average Bonchev–Trinajstić information content (AvgIpc) is 3.15. The number of benzene rings is 2. The molecule has 12 nitrogen and oxygen atoms in total. The van der Waals surface area contributed by atoms with Crippen LogP contribution in [0.2, 0.25) is 5.02 Å². The number of hydrogen-bond donors (Lipinski definition) is 3. The van der Waals surface area contributed by atoms with E-state index < -0.39 is 79.3 Å². The molecule has 1 aliphatic heterocycles. The van der Waals surface area contributed by atoms with Crippen LogP contribution >= 0.6 is 19.3 Å². The molecule has 2 heterocycles. The number of aliphatic hydroxyl groups excluding tert-OH is 1. The number of carbonyl (C=O) groups excluding carboxylic acids is 1. The Kier molecular flexibility index (Phi) is 9.64. The highest BCUT2D eigenvalue weighted by Crippen LogP contribution is 2.54. The Labute approximate surface area is 252 Å². The van der Waals surface area contributed by atoms with Gasteiger partial charge in [0.2, 0.25) is 6.23 Å². The number of nitrogens with one attached hydrogen (secondary N) is 1. The number of rotatable bonds is 11. The molecule has 0 saturated carbocycles. The monoisotopic (exact) mass is 666 g/mol. The number of aliphatic hydroxyl groups is 1. The van der Waals surface area contributed by atoms with Gasteiger partial charge in [0.1, 0.15) is 17.6 Å². The van der Waals surface area contributed by atoms with Crippen molar-refractivity contribution in [1.82, 2.24) is 14.6 Å². The molecule has 0 bridgehead atoms. The third-order valence-electron chi connectivity index (χ3n) is 6.53. The molecule has 1 unspecified atom stereocenters. The lowest BCUT2D eigenvalue weighted by atomic mass is 9.96. The molecule has 1 aliphatic rings. The quantitative estimate of drug-likeness (QED) is 0.152. The van der Waals surface area contributed by atoms with E-state index >= 15 is 8.78 Å². The summed E-state index contributed by atoms with van der Waals surface area (Å²) in [6, 6.07) is 9.79. The first-order valence-corrected chi connectivity index (χ1v) is 14.9. The van der Waals surface area contributed by atoms with Crippen LogP contribution in [0.5, 0.6) is 5.75 Å². The number of ether oxygens (including phenoxy) is 2. The van der Waals surface area contributed by atoms with Gasteiger partial charge < -0.3 is 24.8 Å². The molecule has 18 heteroatoms. The van der Waals surface area contributed by atoms with Gasteiger partial charge in [0, 0.05) is 11.6 Å². The largest absolute Gasteiger partial charge is 0.462 e. The van der Waals surface area contributed by atoms with E-state index in [1.807, 2.05) is 0 Å². The fourth-order valence-electron chi connectivity index (χ4n) is 4.33. The molecule has 5 atom stereocenters. The maximum absolute atomic E-state index is 15.3. The van der Waals surface area contributed by atoms with E-state index in [4.69, 9.17) is 35.9 Å². The molecule has 4 N–H and O–H groups in total. The minimum Gasteiger partial charge on any atom is -0.462 e. The minimum absolute atomic E-state index is 0.0836. The van der Waals surface area contributed by atoms with Crippen molar-refractivity contribution < 1.29 is 50.5 Å². The van der Waals surface area contributed by atoms with Crippen LogP contribution in [0.1, 0.15) is 27.0 Å². The molecule has 44 heavy (non-hydrogen) atoms. The summed E-state index contributed by atoms with van der Waals surface area (Å²) in [6.07, 6.45) is -10.1. The minimum atomic E-state index is -4.96. The molecule has 1 fully saturated rings. The molecule has 1 aromatic heterocycles. The van der Waals surface area contributed by atoms with Crippen LogP contribution in [0.3, 0.4) is 0 Å². The van der Waals surface area contributed by atoms with Crippen molar-refractivity contribution in [2.75, 3.05) is 12.3 Å². The molecule has 0 amide bonds. The predicted molar refractivity (Wildman–Crippen MR) is 150 cm³/mol. The van der Waals surface area contributed by atoms with Gasteiger partial charge in [-0.05, 0) is 32.2 Å². The van der Waals surface area contributed by atoms with Gasteiger partial charge in [-0.3, -0.25) is 13.9 Å². The van der Waals surface area contributed by atoms with E-state index in [0.717, 1.165) is 0 Å². The zero-order valence-corrected chi connectivity index (χ0v) is 25.0. The summed E-state index contributed by atoms with van der Waals surface area (Å²) >= 11 is 5.79. The van der Waals surface area contributed by atoms with Gasteiger partial charge in [0.25, 0.3) is 6.43 Å². The Morgan fingerprint density at radius 1 is 1.23 bits per heavy atom. The number of fused-ring (bicyclic) bond motifs is 1. The number of nitrogen functional groups attached to an aromatic ring is 1. The zero-order chi connectivity index (χ0) is 32.6. The van der Waals surface area contributed by atoms with E-state index in [9.17, 15) is 28.0 Å². The van der Waals surface area contributed by atoms with Gasteiger partial charge >= 0.3 is 25.3 Å². The molecule has 3 aromatic rings. The van der Waals surface area contributed by atoms with E-state index in [1.165, 1.54) is 19.1 Å². The number of nitrogens with zero attached hydrogens (tertiary/aromatic N) is 2. The molecule has 240 valence electrons. The standard InChI is InChI=1S/C26H28ClF4N4O8P/c1-13(2)41-20(36)14(3)34-44(39,43-18-10-6-8-15-7-4-5-9-16(15)18)40-12-25(22(28)29)21(37)26(30,31)23(42-25)35-11-17(27)19(32)33-24(35)38/h4-11,13-14,21-23,37H,12H2,1-3H3,(H,34,39)(H2,32,33,38)/t14-,21+,23+,25+,44?/m0/s1. The van der Waals surface area contributed by atoms with E-state index in [-0.39, 0.29) is 10.3 Å². The molecular formula is C26H28ClF4N4O8P. The summed E-state index contributed by atoms with van der Waals surface area (Å²) in [4.78, 5) is 28.1. The topological polar surface area (TPSA) is 164 Å². The zero-order valence-electron chi connectivity index (χ0n) is 23.3. The van der Waals surface area contributed by atoms with E-state index in [0.29, 0.717) is 17.0 Å². The summed E-state index contributed by atoms with van der Waals surface area (Å²) in [5.74, 6) is -6.10. The van der Waals surface area contributed by atoms with Crippen molar-refractivity contribution in [3.05, 3.63) is 64.2 Å². The van der Waals surface area contributed by atoms with E-state index in [2.05, 4.69) is 10.1 Å². The van der Waals surface area contributed by atoms with Gasteiger partial charge in [-0.15, -0.1) is 0 Å². The molecule has 4 rings (SSSR count). The smallest absolute Gasteiger partial charge is 0.459 e. The lowest BCUT2D eigenvalue weighted by molar-refractivity contribution is -0.193. The Morgan fingerprint density at radius 3 is 2.55 bits per heavy atom. The van der Waals surface area contributed by atoms with Crippen molar-refractivity contribution in [3.8, 4) is 5.75 Å². The van der Waals surface area contributed by atoms with Gasteiger partial charge in [0.05, 0.1) is 17.7 Å². The Balaban J connectivity index is 1.72. The highest BCUT2D eigenvalue weighted by atomic mass is 35.5. The molecular weight excluding hydrogens is 639 g/mol. The molecule has 0 spiro atoms. The second kappa shape index (κ2) is 12.6. The van der Waals surface area contributed by atoms with Gasteiger partial charge in [-0.1, -0.05) is 48.0 Å². The molecule has 2 aromatic carbocycles. The number of nitrogens with two attached hydrogens (primary N) is 1. The predicted octanol–water partition coefficient (Wildman–Crippen LogP) is 4.29. The highest BCUT2D eigenvalue weighted by molar-refractivity contribution is 7.52.